The summed E-state index contributed by atoms with van der Waals surface area (Å²) in [5.74, 6) is 0.936. The minimum atomic E-state index is -0.331. The van der Waals surface area contributed by atoms with Crippen LogP contribution >= 0.6 is 0 Å². The van der Waals surface area contributed by atoms with E-state index in [1.165, 1.54) is 20.0 Å². The van der Waals surface area contributed by atoms with Crippen molar-refractivity contribution in [3.05, 3.63) is 23.7 Å². The highest BCUT2D eigenvalue weighted by Crippen LogP contribution is 2.17. The Kier molecular flexibility index (Phi) is 5.82. The van der Waals surface area contributed by atoms with Crippen molar-refractivity contribution in [3.8, 4) is 0 Å². The lowest BCUT2D eigenvalue weighted by molar-refractivity contribution is 0.0596. The number of esters is 1. The fourth-order valence-corrected chi connectivity index (χ4v) is 2.90. The van der Waals surface area contributed by atoms with Crippen molar-refractivity contribution in [2.24, 2.45) is 5.92 Å². The number of methoxy groups -OCH3 is 1. The molecule has 0 aliphatic carbocycles. The Bertz CT molecular complexity index is 450. The largest absolute Gasteiger partial charge is 0.467 e. The quantitative estimate of drug-likeness (QED) is 0.782. The van der Waals surface area contributed by atoms with Crippen LogP contribution in [0.3, 0.4) is 0 Å². The number of nitrogens with zero attached hydrogens (tertiary/aromatic N) is 1. The second-order valence-corrected chi connectivity index (χ2v) is 6.13. The third-order valence-corrected chi connectivity index (χ3v) is 3.78. The molecule has 1 unspecified atom stereocenters. The standard InChI is InChI=1S/C16H26N2O3/c1-12(2)9-18(10-13-5-4-7-17-13)11-15-14(6-8-21-15)16(19)20-3/h6,8,12-13,17H,4-5,7,9-11H2,1-3H3. The van der Waals surface area contributed by atoms with Gasteiger partial charge in [-0.1, -0.05) is 13.8 Å². The minimum absolute atomic E-state index is 0.331. The van der Waals surface area contributed by atoms with E-state index in [2.05, 4.69) is 24.1 Å². The van der Waals surface area contributed by atoms with Crippen molar-refractivity contribution >= 4 is 5.97 Å². The summed E-state index contributed by atoms with van der Waals surface area (Å²) in [6, 6.07) is 2.23. The molecule has 5 heteroatoms. The van der Waals surface area contributed by atoms with Crippen molar-refractivity contribution < 1.29 is 13.9 Å². The van der Waals surface area contributed by atoms with Crippen LogP contribution < -0.4 is 5.32 Å². The van der Waals surface area contributed by atoms with E-state index in [9.17, 15) is 4.79 Å². The molecule has 21 heavy (non-hydrogen) atoms. The monoisotopic (exact) mass is 294 g/mol. The van der Waals surface area contributed by atoms with Crippen LogP contribution in [0.15, 0.2) is 16.7 Å². The number of carbonyl (C=O) groups excluding carboxylic acids is 1. The third kappa shape index (κ3) is 4.58. The van der Waals surface area contributed by atoms with Gasteiger partial charge in [0.15, 0.2) is 0 Å². The molecule has 0 amide bonds. The zero-order valence-electron chi connectivity index (χ0n) is 13.2. The van der Waals surface area contributed by atoms with Crippen molar-refractivity contribution in [2.45, 2.75) is 39.3 Å². The first kappa shape index (κ1) is 16.0. The van der Waals surface area contributed by atoms with Crippen LogP contribution in [-0.4, -0.2) is 43.7 Å². The second-order valence-electron chi connectivity index (χ2n) is 6.13. The molecule has 5 nitrogen and oxygen atoms in total. The topological polar surface area (TPSA) is 54.7 Å². The first-order valence-electron chi connectivity index (χ1n) is 7.70. The summed E-state index contributed by atoms with van der Waals surface area (Å²) in [6.07, 6.45) is 4.02. The predicted molar refractivity (Wildman–Crippen MR) is 81.2 cm³/mol. The molecule has 1 aliphatic rings. The number of hydrogen-bond acceptors (Lipinski definition) is 5. The summed E-state index contributed by atoms with van der Waals surface area (Å²) >= 11 is 0. The van der Waals surface area contributed by atoms with Gasteiger partial charge in [0, 0.05) is 19.1 Å². The molecule has 0 aromatic carbocycles. The smallest absolute Gasteiger partial charge is 0.341 e. The van der Waals surface area contributed by atoms with Crippen molar-refractivity contribution in [1.82, 2.24) is 10.2 Å². The molecule has 1 fully saturated rings. The van der Waals surface area contributed by atoms with Crippen LogP contribution in [-0.2, 0) is 11.3 Å². The lowest BCUT2D eigenvalue weighted by Gasteiger charge is -2.26. The molecule has 1 saturated heterocycles. The van der Waals surface area contributed by atoms with E-state index in [0.29, 0.717) is 29.8 Å². The minimum Gasteiger partial charge on any atom is -0.467 e. The van der Waals surface area contributed by atoms with Crippen LogP contribution in [0, 0.1) is 5.92 Å². The Morgan fingerprint density at radius 1 is 1.57 bits per heavy atom. The van der Waals surface area contributed by atoms with Gasteiger partial charge in [-0.2, -0.15) is 0 Å². The maximum Gasteiger partial charge on any atom is 0.341 e. The average molecular weight is 294 g/mol. The van der Waals surface area contributed by atoms with E-state index >= 15 is 0 Å². The van der Waals surface area contributed by atoms with E-state index in [1.807, 2.05) is 0 Å². The highest BCUT2D eigenvalue weighted by molar-refractivity contribution is 5.90. The zero-order chi connectivity index (χ0) is 15.2. The molecule has 0 saturated carbocycles. The van der Waals surface area contributed by atoms with Crippen LogP contribution in [0.5, 0.6) is 0 Å². The van der Waals surface area contributed by atoms with Gasteiger partial charge >= 0.3 is 5.97 Å². The average Bonchev–Trinajstić information content (AvgIpc) is 3.08. The maximum absolute atomic E-state index is 11.7. The van der Waals surface area contributed by atoms with E-state index in [4.69, 9.17) is 9.15 Å². The summed E-state index contributed by atoms with van der Waals surface area (Å²) in [5, 5.41) is 3.52. The molecule has 1 aromatic heterocycles. The van der Waals surface area contributed by atoms with Gasteiger partial charge in [-0.15, -0.1) is 0 Å². The molecule has 0 spiro atoms. The Hall–Kier alpha value is -1.33. The lowest BCUT2D eigenvalue weighted by atomic mass is 10.1. The molecule has 118 valence electrons. The predicted octanol–water partition coefficient (Wildman–Crippen LogP) is 2.28. The van der Waals surface area contributed by atoms with Gasteiger partial charge in [-0.25, -0.2) is 4.79 Å². The number of carbonyl (C=O) groups is 1. The van der Waals surface area contributed by atoms with Gasteiger partial charge in [0.1, 0.15) is 11.3 Å². The van der Waals surface area contributed by atoms with Gasteiger partial charge < -0.3 is 14.5 Å². The first-order valence-corrected chi connectivity index (χ1v) is 7.70. The van der Waals surface area contributed by atoms with E-state index in [1.54, 1.807) is 12.3 Å². The van der Waals surface area contributed by atoms with E-state index in [0.717, 1.165) is 19.6 Å². The molecule has 0 bridgehead atoms. The van der Waals surface area contributed by atoms with Gasteiger partial charge in [0.2, 0.25) is 0 Å². The molecule has 1 aliphatic heterocycles. The number of rotatable bonds is 7. The molecule has 1 N–H and O–H groups in total. The first-order chi connectivity index (χ1) is 10.1. The SMILES string of the molecule is COC(=O)c1ccoc1CN(CC(C)C)CC1CCCN1. The molecule has 2 heterocycles. The molecular weight excluding hydrogens is 268 g/mol. The second kappa shape index (κ2) is 7.61. The van der Waals surface area contributed by atoms with Gasteiger partial charge in [-0.05, 0) is 31.4 Å². The number of furan rings is 1. The number of hydrogen-bond donors (Lipinski definition) is 1. The fraction of sp³-hybridized carbons (Fsp3) is 0.688. The lowest BCUT2D eigenvalue weighted by Crippen LogP contribution is -2.39. The Balaban J connectivity index is 2.03. The highest BCUT2D eigenvalue weighted by atomic mass is 16.5. The summed E-state index contributed by atoms with van der Waals surface area (Å²) in [7, 11) is 1.40. The summed E-state index contributed by atoms with van der Waals surface area (Å²) < 4.78 is 10.3. The third-order valence-electron chi connectivity index (χ3n) is 3.78. The van der Waals surface area contributed by atoms with Crippen molar-refractivity contribution in [1.29, 1.82) is 0 Å². The molecule has 2 rings (SSSR count). The molecule has 1 aromatic rings. The number of nitrogens with one attached hydrogen (secondary N) is 1. The van der Waals surface area contributed by atoms with Gasteiger partial charge in [0.05, 0.1) is 19.9 Å². The van der Waals surface area contributed by atoms with Gasteiger partial charge in [-0.3, -0.25) is 4.90 Å². The Morgan fingerprint density at radius 2 is 2.38 bits per heavy atom. The maximum atomic E-state index is 11.7. The fourth-order valence-electron chi connectivity index (χ4n) is 2.90. The van der Waals surface area contributed by atoms with Crippen LogP contribution in [0.1, 0.15) is 42.8 Å². The van der Waals surface area contributed by atoms with Crippen molar-refractivity contribution in [2.75, 3.05) is 26.7 Å². The van der Waals surface area contributed by atoms with Crippen LogP contribution in [0.4, 0.5) is 0 Å². The zero-order valence-corrected chi connectivity index (χ0v) is 13.2. The highest BCUT2D eigenvalue weighted by Gasteiger charge is 2.22. The summed E-state index contributed by atoms with van der Waals surface area (Å²) in [5.41, 5.74) is 0.533. The van der Waals surface area contributed by atoms with Gasteiger partial charge in [0.25, 0.3) is 0 Å². The van der Waals surface area contributed by atoms with Crippen LogP contribution in [0.2, 0.25) is 0 Å². The molecule has 1 atom stereocenters. The van der Waals surface area contributed by atoms with Crippen molar-refractivity contribution in [3.63, 3.8) is 0 Å². The Morgan fingerprint density at radius 3 is 3.00 bits per heavy atom. The van der Waals surface area contributed by atoms with E-state index < -0.39 is 0 Å². The summed E-state index contributed by atoms with van der Waals surface area (Å²) in [4.78, 5) is 14.1. The summed E-state index contributed by atoms with van der Waals surface area (Å²) in [6.45, 7) is 8.14. The normalized spacial score (nSPS) is 18.6. The molecule has 0 radical (unpaired) electrons. The van der Waals surface area contributed by atoms with Crippen LogP contribution in [0.25, 0.3) is 0 Å². The Labute approximate surface area is 126 Å². The van der Waals surface area contributed by atoms with E-state index in [-0.39, 0.29) is 5.97 Å². The number of ether oxygens (including phenoxy) is 1. The molecular formula is C16H26N2O3.